The van der Waals surface area contributed by atoms with Crippen LogP contribution in [0.25, 0.3) is 33.4 Å². The van der Waals surface area contributed by atoms with Crippen molar-refractivity contribution in [3.63, 3.8) is 0 Å². The summed E-state index contributed by atoms with van der Waals surface area (Å²) in [5.74, 6) is -8.50. The van der Waals surface area contributed by atoms with Crippen LogP contribution in [0.2, 0.25) is 0 Å². The molecule has 46 heavy (non-hydrogen) atoms. The van der Waals surface area contributed by atoms with Gasteiger partial charge in [-0.25, -0.2) is 22.0 Å². The van der Waals surface area contributed by atoms with Crippen LogP contribution in [0.15, 0.2) is 91.0 Å². The zero-order chi connectivity index (χ0) is 33.0. The van der Waals surface area contributed by atoms with E-state index in [0.29, 0.717) is 23.3 Å². The number of unbranched alkanes of at least 4 members (excludes halogenated alkanes) is 2. The molecular weight excluding hydrogens is 607 g/mol. The molecule has 0 spiro atoms. The Labute approximate surface area is 261 Å². The van der Waals surface area contributed by atoms with Crippen molar-refractivity contribution in [2.75, 3.05) is 0 Å². The Kier molecular flexibility index (Phi) is 9.47. The van der Waals surface area contributed by atoms with Crippen molar-refractivity contribution in [2.45, 2.75) is 38.7 Å². The highest BCUT2D eigenvalue weighted by atomic mass is 19.3. The lowest BCUT2D eigenvalue weighted by Gasteiger charge is -2.20. The van der Waals surface area contributed by atoms with Crippen molar-refractivity contribution in [1.29, 1.82) is 5.26 Å². The zero-order valence-electron chi connectivity index (χ0n) is 24.5. The van der Waals surface area contributed by atoms with Gasteiger partial charge in [-0.1, -0.05) is 80.4 Å². The molecule has 0 radical (unpaired) electrons. The van der Waals surface area contributed by atoms with Gasteiger partial charge in [0, 0.05) is 17.7 Å². The number of alkyl halides is 2. The molecule has 0 aliphatic rings. The maximum atomic E-state index is 15.2. The molecule has 0 aliphatic heterocycles. The van der Waals surface area contributed by atoms with Gasteiger partial charge >= 0.3 is 6.11 Å². The summed E-state index contributed by atoms with van der Waals surface area (Å²) in [6, 6.07) is 22.6. The van der Waals surface area contributed by atoms with Gasteiger partial charge in [-0.05, 0) is 64.4 Å². The Morgan fingerprint density at radius 1 is 0.609 bits per heavy atom. The fourth-order valence-electron chi connectivity index (χ4n) is 5.15. The third-order valence-electron chi connectivity index (χ3n) is 7.56. The quantitative estimate of drug-likeness (QED) is 0.113. The first-order valence-corrected chi connectivity index (χ1v) is 14.5. The van der Waals surface area contributed by atoms with E-state index in [9.17, 15) is 26.3 Å². The standard InChI is InChI=1S/C37H26F7NO/c1-2-3-4-5-22-6-8-23(9-7-22)24-10-12-25(13-11-24)26-14-15-29(31(38)16-26)27-17-34(41)36(35(42)18-27)37(43,44)46-28-19-32(39)30(21-45)33(40)20-28/h6-20H,2-5H2,1H3. The Bertz CT molecular complexity index is 1870. The maximum absolute atomic E-state index is 15.2. The smallest absolute Gasteiger partial charge is 0.429 e. The second kappa shape index (κ2) is 13.5. The highest BCUT2D eigenvalue weighted by Gasteiger charge is 2.41. The number of halogens is 7. The van der Waals surface area contributed by atoms with E-state index < -0.39 is 52.1 Å². The minimum absolute atomic E-state index is 0.246. The highest BCUT2D eigenvalue weighted by molar-refractivity contribution is 5.74. The summed E-state index contributed by atoms with van der Waals surface area (Å²) < 4.78 is 107. The Hall–Kier alpha value is -5.10. The molecule has 0 bridgehead atoms. The number of nitriles is 1. The minimum Gasteiger partial charge on any atom is -0.429 e. The summed E-state index contributed by atoms with van der Waals surface area (Å²) in [7, 11) is 0. The van der Waals surface area contributed by atoms with Crippen molar-refractivity contribution >= 4 is 0 Å². The van der Waals surface area contributed by atoms with E-state index in [2.05, 4.69) is 35.9 Å². The first-order valence-electron chi connectivity index (χ1n) is 14.5. The summed E-state index contributed by atoms with van der Waals surface area (Å²) >= 11 is 0. The summed E-state index contributed by atoms with van der Waals surface area (Å²) in [6.45, 7) is 2.17. The summed E-state index contributed by atoms with van der Waals surface area (Å²) in [4.78, 5) is 0. The Balaban J connectivity index is 1.34. The van der Waals surface area contributed by atoms with Gasteiger partial charge in [-0.15, -0.1) is 0 Å². The van der Waals surface area contributed by atoms with Crippen LogP contribution >= 0.6 is 0 Å². The lowest BCUT2D eigenvalue weighted by Crippen LogP contribution is -2.25. The second-order valence-corrected chi connectivity index (χ2v) is 10.7. The van der Waals surface area contributed by atoms with Crippen molar-refractivity contribution in [3.05, 3.63) is 137 Å². The van der Waals surface area contributed by atoms with Crippen LogP contribution in [0.5, 0.6) is 5.75 Å². The van der Waals surface area contributed by atoms with Gasteiger partial charge in [0.2, 0.25) is 0 Å². The number of hydrogen-bond donors (Lipinski definition) is 0. The lowest BCUT2D eigenvalue weighted by molar-refractivity contribution is -0.189. The molecule has 0 atom stereocenters. The van der Waals surface area contributed by atoms with Gasteiger partial charge in [-0.2, -0.15) is 14.0 Å². The Morgan fingerprint density at radius 3 is 1.63 bits per heavy atom. The maximum Gasteiger partial charge on any atom is 0.432 e. The van der Waals surface area contributed by atoms with Gasteiger partial charge in [-0.3, -0.25) is 0 Å². The minimum atomic E-state index is -4.72. The molecule has 0 saturated carbocycles. The summed E-state index contributed by atoms with van der Waals surface area (Å²) in [5.41, 5.74) is 0.966. The molecule has 0 heterocycles. The SMILES string of the molecule is CCCCCc1ccc(-c2ccc(-c3ccc(-c4cc(F)c(C(F)(F)Oc5cc(F)c(C#N)c(F)c5)c(F)c4)c(F)c3)cc2)cc1. The molecule has 5 aromatic carbocycles. The van der Waals surface area contributed by atoms with Gasteiger partial charge in [0.05, 0.1) is 0 Å². The van der Waals surface area contributed by atoms with Gasteiger partial charge in [0.15, 0.2) is 0 Å². The first-order chi connectivity index (χ1) is 22.0. The van der Waals surface area contributed by atoms with E-state index in [1.54, 1.807) is 0 Å². The molecule has 2 nitrogen and oxygen atoms in total. The van der Waals surface area contributed by atoms with Gasteiger partial charge < -0.3 is 4.74 Å². The molecule has 0 aliphatic carbocycles. The van der Waals surface area contributed by atoms with E-state index in [1.165, 1.54) is 36.3 Å². The van der Waals surface area contributed by atoms with E-state index in [1.807, 2.05) is 24.3 Å². The van der Waals surface area contributed by atoms with Crippen LogP contribution in [0.3, 0.4) is 0 Å². The average molecular weight is 634 g/mol. The molecule has 0 fully saturated rings. The molecule has 9 heteroatoms. The van der Waals surface area contributed by atoms with Crippen LogP contribution in [-0.2, 0) is 12.5 Å². The van der Waals surface area contributed by atoms with Crippen molar-refractivity contribution in [1.82, 2.24) is 0 Å². The monoisotopic (exact) mass is 633 g/mol. The highest BCUT2D eigenvalue weighted by Crippen LogP contribution is 2.38. The predicted molar refractivity (Wildman–Crippen MR) is 161 cm³/mol. The molecule has 5 rings (SSSR count). The number of ether oxygens (including phenoxy) is 1. The van der Waals surface area contributed by atoms with E-state index in [0.717, 1.165) is 30.4 Å². The van der Waals surface area contributed by atoms with Crippen molar-refractivity contribution < 1.29 is 35.5 Å². The van der Waals surface area contributed by atoms with Gasteiger partial charge in [0.1, 0.15) is 52.0 Å². The predicted octanol–water partition coefficient (Wildman–Crippen LogP) is 11.1. The lowest BCUT2D eigenvalue weighted by atomic mass is 9.96. The van der Waals surface area contributed by atoms with E-state index >= 15 is 4.39 Å². The fourth-order valence-corrected chi connectivity index (χ4v) is 5.15. The summed E-state index contributed by atoms with van der Waals surface area (Å²) in [5, 5.41) is 8.72. The molecule has 234 valence electrons. The van der Waals surface area contributed by atoms with Crippen molar-refractivity contribution in [3.8, 4) is 45.2 Å². The van der Waals surface area contributed by atoms with E-state index in [4.69, 9.17) is 5.26 Å². The third kappa shape index (κ3) is 6.91. The summed E-state index contributed by atoms with van der Waals surface area (Å²) in [6.07, 6.45) is -0.186. The van der Waals surface area contributed by atoms with Crippen LogP contribution in [0.1, 0.15) is 42.9 Å². The number of aryl methyl sites for hydroxylation is 1. The second-order valence-electron chi connectivity index (χ2n) is 10.7. The zero-order valence-corrected chi connectivity index (χ0v) is 24.5. The number of benzene rings is 5. The number of hydrogen-bond acceptors (Lipinski definition) is 2. The first kappa shape index (κ1) is 32.3. The Morgan fingerprint density at radius 2 is 1.11 bits per heavy atom. The molecule has 0 saturated heterocycles. The normalized spacial score (nSPS) is 11.4. The molecular formula is C37H26F7NO. The third-order valence-corrected chi connectivity index (χ3v) is 7.56. The fraction of sp³-hybridized carbons (Fsp3) is 0.162. The van der Waals surface area contributed by atoms with Crippen molar-refractivity contribution in [2.24, 2.45) is 0 Å². The number of nitrogens with zero attached hydrogens (tertiary/aromatic N) is 1. The molecule has 5 aromatic rings. The number of rotatable bonds is 10. The van der Waals surface area contributed by atoms with Gasteiger partial charge in [0.25, 0.3) is 0 Å². The average Bonchev–Trinajstić information content (AvgIpc) is 3.01. The molecule has 0 N–H and O–H groups in total. The van der Waals surface area contributed by atoms with Crippen LogP contribution in [0, 0.1) is 40.4 Å². The topological polar surface area (TPSA) is 33.0 Å². The van der Waals surface area contributed by atoms with Crippen LogP contribution in [-0.4, -0.2) is 0 Å². The molecule has 0 unspecified atom stereocenters. The van der Waals surface area contributed by atoms with Crippen LogP contribution in [0.4, 0.5) is 30.7 Å². The van der Waals surface area contributed by atoms with E-state index in [-0.39, 0.29) is 23.3 Å². The molecule has 0 aromatic heterocycles. The molecule has 0 amide bonds. The van der Waals surface area contributed by atoms with Crippen LogP contribution < -0.4 is 4.74 Å². The largest absolute Gasteiger partial charge is 0.432 e.